The van der Waals surface area contributed by atoms with Crippen molar-refractivity contribution in [3.05, 3.63) is 48.0 Å². The van der Waals surface area contributed by atoms with Crippen molar-refractivity contribution in [1.29, 1.82) is 0 Å². The maximum atomic E-state index is 12.3. The molecule has 1 saturated carbocycles. The van der Waals surface area contributed by atoms with Gasteiger partial charge in [0.15, 0.2) is 0 Å². The Kier molecular flexibility index (Phi) is 4.65. The highest BCUT2D eigenvalue weighted by molar-refractivity contribution is 5.81. The van der Waals surface area contributed by atoms with Crippen molar-refractivity contribution >= 4 is 11.6 Å². The van der Waals surface area contributed by atoms with Gasteiger partial charge in [0.25, 0.3) is 0 Å². The van der Waals surface area contributed by atoms with Crippen molar-refractivity contribution in [2.24, 2.45) is 0 Å². The first kappa shape index (κ1) is 15.6. The number of aromatic nitrogens is 2. The Morgan fingerprint density at radius 3 is 2.78 bits per heavy atom. The first-order valence-electron chi connectivity index (χ1n) is 8.22. The Bertz CT molecular complexity index is 645. The predicted molar refractivity (Wildman–Crippen MR) is 91.5 cm³/mol. The van der Waals surface area contributed by atoms with E-state index in [0.29, 0.717) is 12.6 Å². The van der Waals surface area contributed by atoms with E-state index in [0.717, 1.165) is 36.1 Å². The topological polar surface area (TPSA) is 59.0 Å². The molecule has 5 nitrogen and oxygen atoms in total. The Morgan fingerprint density at radius 1 is 1.30 bits per heavy atom. The number of imidazole rings is 1. The van der Waals surface area contributed by atoms with Crippen LogP contribution in [0.5, 0.6) is 0 Å². The van der Waals surface area contributed by atoms with Crippen LogP contribution in [0.3, 0.4) is 0 Å². The van der Waals surface area contributed by atoms with Crippen LogP contribution in [0.25, 0.3) is 0 Å². The molecule has 2 atom stereocenters. The minimum absolute atomic E-state index is 0.0460. The molecule has 2 N–H and O–H groups in total. The van der Waals surface area contributed by atoms with Gasteiger partial charge in [-0.3, -0.25) is 4.79 Å². The minimum Gasteiger partial charge on any atom is -0.376 e. The van der Waals surface area contributed by atoms with Crippen LogP contribution < -0.4 is 10.6 Å². The molecule has 0 bridgehead atoms. The van der Waals surface area contributed by atoms with Gasteiger partial charge in [-0.1, -0.05) is 18.2 Å². The van der Waals surface area contributed by atoms with Crippen molar-refractivity contribution in [3.8, 4) is 0 Å². The summed E-state index contributed by atoms with van der Waals surface area (Å²) in [6.45, 7) is 4.41. The molecule has 122 valence electrons. The van der Waals surface area contributed by atoms with Crippen LogP contribution >= 0.6 is 0 Å². The van der Waals surface area contributed by atoms with Gasteiger partial charge in [-0.05, 0) is 44.2 Å². The molecule has 5 heteroatoms. The average molecular weight is 312 g/mol. The van der Waals surface area contributed by atoms with E-state index in [-0.39, 0.29) is 11.9 Å². The molecule has 23 heavy (non-hydrogen) atoms. The monoisotopic (exact) mass is 312 g/mol. The molecular weight excluding hydrogens is 288 g/mol. The second kappa shape index (κ2) is 6.86. The van der Waals surface area contributed by atoms with E-state index < -0.39 is 0 Å². The van der Waals surface area contributed by atoms with E-state index in [1.165, 1.54) is 0 Å². The number of para-hydroxylation sites is 1. The third-order valence-corrected chi connectivity index (χ3v) is 4.64. The molecule has 0 spiro atoms. The zero-order chi connectivity index (χ0) is 16.2. The summed E-state index contributed by atoms with van der Waals surface area (Å²) >= 11 is 0. The molecule has 1 fully saturated rings. The average Bonchev–Trinajstić information content (AvgIpc) is 3.17. The molecule has 0 radical (unpaired) electrons. The normalized spacial score (nSPS) is 20.4. The van der Waals surface area contributed by atoms with Gasteiger partial charge < -0.3 is 15.2 Å². The van der Waals surface area contributed by atoms with Crippen molar-refractivity contribution < 1.29 is 4.79 Å². The molecule has 1 heterocycles. The number of amides is 1. The molecule has 0 aliphatic heterocycles. The lowest BCUT2D eigenvalue weighted by Crippen LogP contribution is -2.41. The molecule has 1 aliphatic rings. The second-order valence-corrected chi connectivity index (χ2v) is 6.30. The van der Waals surface area contributed by atoms with Crippen LogP contribution in [0.1, 0.15) is 36.4 Å². The van der Waals surface area contributed by atoms with Gasteiger partial charge in [-0.2, -0.15) is 0 Å². The summed E-state index contributed by atoms with van der Waals surface area (Å²) < 4.78 is 2.11. The number of rotatable bonds is 5. The number of carbonyl (C=O) groups excluding carboxylic acids is 1. The molecule has 0 unspecified atom stereocenters. The summed E-state index contributed by atoms with van der Waals surface area (Å²) in [4.78, 5) is 16.4. The van der Waals surface area contributed by atoms with Gasteiger partial charge >= 0.3 is 0 Å². The molecule has 1 aromatic heterocycles. The maximum absolute atomic E-state index is 12.3. The number of hydrogen-bond acceptors (Lipinski definition) is 3. The van der Waals surface area contributed by atoms with E-state index in [4.69, 9.17) is 0 Å². The number of hydrogen-bond donors (Lipinski definition) is 2. The highest BCUT2D eigenvalue weighted by Gasteiger charge is 2.29. The van der Waals surface area contributed by atoms with E-state index >= 15 is 0 Å². The van der Waals surface area contributed by atoms with E-state index in [2.05, 4.69) is 46.2 Å². The second-order valence-electron chi connectivity index (χ2n) is 6.30. The highest BCUT2D eigenvalue weighted by Crippen LogP contribution is 2.29. The largest absolute Gasteiger partial charge is 0.376 e. The Labute approximate surface area is 137 Å². The van der Waals surface area contributed by atoms with Crippen molar-refractivity contribution in [2.45, 2.75) is 45.2 Å². The summed E-state index contributed by atoms with van der Waals surface area (Å²) in [5.74, 6) is 0.0460. The zero-order valence-electron chi connectivity index (χ0n) is 13.7. The van der Waals surface area contributed by atoms with Gasteiger partial charge in [0.2, 0.25) is 5.91 Å². The fourth-order valence-corrected chi connectivity index (χ4v) is 3.45. The van der Waals surface area contributed by atoms with Crippen LogP contribution in [-0.4, -0.2) is 28.0 Å². The first-order valence-corrected chi connectivity index (χ1v) is 8.22. The van der Waals surface area contributed by atoms with Gasteiger partial charge in [0, 0.05) is 24.1 Å². The Hall–Kier alpha value is -2.30. The Morgan fingerprint density at radius 2 is 2.09 bits per heavy atom. The fraction of sp³-hybridized carbons (Fsp3) is 0.444. The van der Waals surface area contributed by atoms with Crippen molar-refractivity contribution in [1.82, 2.24) is 14.9 Å². The quantitative estimate of drug-likeness (QED) is 0.892. The lowest BCUT2D eigenvalue weighted by atomic mass is 10.1. The van der Waals surface area contributed by atoms with Crippen molar-refractivity contribution in [2.75, 3.05) is 11.9 Å². The molecule has 3 rings (SSSR count). The third-order valence-electron chi connectivity index (χ3n) is 4.64. The van der Waals surface area contributed by atoms with Crippen LogP contribution in [0, 0.1) is 13.8 Å². The number of nitrogens with one attached hydrogen (secondary N) is 2. The number of benzene rings is 1. The number of anilines is 1. The summed E-state index contributed by atoms with van der Waals surface area (Å²) in [5, 5.41) is 6.45. The maximum Gasteiger partial charge on any atom is 0.239 e. The summed E-state index contributed by atoms with van der Waals surface area (Å²) in [7, 11) is 0. The molecule has 1 amide bonds. The SMILES string of the molecule is Cc1cccc(C)c1NCC(=O)N[C@@H]1CCC[C@H]1n1ccnc1. The molecular formula is C18H24N4O. The molecule has 1 aliphatic carbocycles. The Balaban J connectivity index is 1.57. The highest BCUT2D eigenvalue weighted by atomic mass is 16.2. The number of aryl methyl sites for hydroxylation is 2. The van der Waals surface area contributed by atoms with Crippen LogP contribution in [0.4, 0.5) is 5.69 Å². The van der Waals surface area contributed by atoms with Gasteiger partial charge in [0.1, 0.15) is 0 Å². The first-order chi connectivity index (χ1) is 11.1. The number of nitrogens with zero attached hydrogens (tertiary/aromatic N) is 2. The predicted octanol–water partition coefficient (Wildman–Crippen LogP) is 2.82. The van der Waals surface area contributed by atoms with Gasteiger partial charge in [-0.15, -0.1) is 0 Å². The van der Waals surface area contributed by atoms with Gasteiger partial charge in [0.05, 0.1) is 18.9 Å². The molecule has 0 saturated heterocycles. The summed E-state index contributed by atoms with van der Waals surface area (Å²) in [6, 6.07) is 6.65. The lowest BCUT2D eigenvalue weighted by molar-refractivity contribution is -0.120. The van der Waals surface area contributed by atoms with Crippen LogP contribution in [-0.2, 0) is 4.79 Å². The van der Waals surface area contributed by atoms with Crippen molar-refractivity contribution in [3.63, 3.8) is 0 Å². The summed E-state index contributed by atoms with van der Waals surface area (Å²) in [6.07, 6.45) is 8.86. The van der Waals surface area contributed by atoms with E-state index in [9.17, 15) is 4.79 Å². The fourth-order valence-electron chi connectivity index (χ4n) is 3.45. The molecule has 1 aromatic carbocycles. The minimum atomic E-state index is 0.0460. The van der Waals surface area contributed by atoms with Crippen LogP contribution in [0.2, 0.25) is 0 Å². The van der Waals surface area contributed by atoms with Crippen LogP contribution in [0.15, 0.2) is 36.9 Å². The number of carbonyl (C=O) groups is 1. The lowest BCUT2D eigenvalue weighted by Gasteiger charge is -2.22. The van der Waals surface area contributed by atoms with E-state index in [1.54, 1.807) is 6.20 Å². The zero-order valence-corrected chi connectivity index (χ0v) is 13.7. The molecule has 2 aromatic rings. The third kappa shape index (κ3) is 3.55. The smallest absolute Gasteiger partial charge is 0.239 e. The standard InChI is InChI=1S/C18H24N4O/c1-13-5-3-6-14(2)18(13)20-11-17(23)21-15-7-4-8-16(15)22-10-9-19-12-22/h3,5-6,9-10,12,15-16,20H,4,7-8,11H2,1-2H3,(H,21,23)/t15-,16-/m1/s1. The van der Waals surface area contributed by atoms with Gasteiger partial charge in [-0.25, -0.2) is 4.98 Å². The van der Waals surface area contributed by atoms with E-state index in [1.807, 2.05) is 18.6 Å². The summed E-state index contributed by atoms with van der Waals surface area (Å²) in [5.41, 5.74) is 3.38.